The van der Waals surface area contributed by atoms with E-state index in [-0.39, 0.29) is 6.09 Å². The Morgan fingerprint density at radius 1 is 0.864 bits per heavy atom. The molecule has 0 rings (SSSR count). The van der Waals surface area contributed by atoms with Gasteiger partial charge in [-0.2, -0.15) is 0 Å². The Morgan fingerprint density at radius 3 is 1.50 bits per heavy atom. The second-order valence-electron chi connectivity index (χ2n) is 9.20. The van der Waals surface area contributed by atoms with Crippen molar-refractivity contribution in [3.8, 4) is 0 Å². The summed E-state index contributed by atoms with van der Waals surface area (Å²) < 4.78 is 7.38. The second kappa shape index (κ2) is 8.16. The van der Waals surface area contributed by atoms with Crippen LogP contribution in [-0.4, -0.2) is 94.0 Å². The number of quaternary nitrogens is 2. The lowest BCUT2D eigenvalue weighted by atomic mass is 10.2. The van der Waals surface area contributed by atoms with E-state index in [1.807, 2.05) is 25.7 Å². The minimum atomic E-state index is -0.435. The smallest absolute Gasteiger partial charge is 0.410 e. The molecule has 0 bridgehead atoms. The molecule has 0 aromatic heterocycles. The molecule has 0 aromatic carbocycles. The normalized spacial score (nSPS) is 13.1. The molecule has 0 aliphatic carbocycles. The van der Waals surface area contributed by atoms with Gasteiger partial charge in [0.2, 0.25) is 0 Å². The van der Waals surface area contributed by atoms with Crippen LogP contribution in [0.3, 0.4) is 0 Å². The molecule has 0 aromatic rings. The average Bonchev–Trinajstić information content (AvgIpc) is 2.21. The van der Waals surface area contributed by atoms with Gasteiger partial charge < -0.3 is 18.6 Å². The Bertz CT molecular complexity index is 315. The van der Waals surface area contributed by atoms with Crippen molar-refractivity contribution in [1.82, 2.24) is 4.90 Å². The minimum Gasteiger partial charge on any atom is -0.444 e. The van der Waals surface area contributed by atoms with Crippen LogP contribution in [0.5, 0.6) is 0 Å². The standard InChI is InChI=1S/C17H39N3O2/c1-17(2,3)22-16(21)18(12-10-14-19(4,5)6)13-11-15-20(7,8)9/h10-15H2,1-9H3/q+2. The fourth-order valence-corrected chi connectivity index (χ4v) is 2.09. The number of amides is 1. The van der Waals surface area contributed by atoms with E-state index in [2.05, 4.69) is 42.3 Å². The van der Waals surface area contributed by atoms with E-state index in [9.17, 15) is 4.79 Å². The van der Waals surface area contributed by atoms with E-state index in [1.165, 1.54) is 0 Å². The molecule has 0 N–H and O–H groups in total. The molecule has 5 heteroatoms. The van der Waals surface area contributed by atoms with Crippen molar-refractivity contribution in [3.05, 3.63) is 0 Å². The highest BCUT2D eigenvalue weighted by atomic mass is 16.6. The number of hydrogen-bond acceptors (Lipinski definition) is 2. The number of nitrogens with zero attached hydrogens (tertiary/aromatic N) is 3. The van der Waals surface area contributed by atoms with Gasteiger partial charge in [0.05, 0.1) is 55.4 Å². The van der Waals surface area contributed by atoms with Crippen molar-refractivity contribution in [1.29, 1.82) is 0 Å². The van der Waals surface area contributed by atoms with Gasteiger partial charge in [0.1, 0.15) is 5.60 Å². The lowest BCUT2D eigenvalue weighted by Gasteiger charge is -2.30. The van der Waals surface area contributed by atoms with E-state index < -0.39 is 5.60 Å². The number of rotatable bonds is 8. The van der Waals surface area contributed by atoms with E-state index in [0.717, 1.165) is 48.0 Å². The lowest BCUT2D eigenvalue weighted by Crippen LogP contribution is -2.43. The van der Waals surface area contributed by atoms with Gasteiger partial charge in [0, 0.05) is 25.9 Å². The van der Waals surface area contributed by atoms with Gasteiger partial charge in [-0.25, -0.2) is 4.79 Å². The van der Waals surface area contributed by atoms with Gasteiger partial charge in [-0.1, -0.05) is 0 Å². The first-order valence-electron chi connectivity index (χ1n) is 8.28. The summed E-state index contributed by atoms with van der Waals surface area (Å²) in [6.45, 7) is 9.38. The maximum absolute atomic E-state index is 12.4. The van der Waals surface area contributed by atoms with Gasteiger partial charge in [0.15, 0.2) is 0 Å². The zero-order valence-corrected chi connectivity index (χ0v) is 16.4. The van der Waals surface area contributed by atoms with E-state index in [1.54, 1.807) is 0 Å². The molecule has 0 heterocycles. The Balaban J connectivity index is 4.52. The number of carbonyl (C=O) groups excluding carboxylic acids is 1. The monoisotopic (exact) mass is 317 g/mol. The SMILES string of the molecule is CC(C)(C)OC(=O)N(CCC[N+](C)(C)C)CCC[N+](C)(C)C. The molecule has 0 atom stereocenters. The zero-order valence-electron chi connectivity index (χ0n) is 16.4. The molecule has 0 fully saturated rings. The summed E-state index contributed by atoms with van der Waals surface area (Å²) in [4.78, 5) is 14.2. The van der Waals surface area contributed by atoms with E-state index >= 15 is 0 Å². The maximum atomic E-state index is 12.4. The van der Waals surface area contributed by atoms with Crippen LogP contribution in [0.15, 0.2) is 0 Å². The summed E-state index contributed by atoms with van der Waals surface area (Å²) in [5.41, 5.74) is -0.435. The summed E-state index contributed by atoms with van der Waals surface area (Å²) >= 11 is 0. The van der Waals surface area contributed by atoms with Gasteiger partial charge in [-0.3, -0.25) is 0 Å². The third kappa shape index (κ3) is 12.9. The summed E-state index contributed by atoms with van der Waals surface area (Å²) in [7, 11) is 13.1. The largest absolute Gasteiger partial charge is 0.444 e. The van der Waals surface area contributed by atoms with Crippen molar-refractivity contribution in [2.75, 3.05) is 68.5 Å². The van der Waals surface area contributed by atoms with Crippen LogP contribution in [0.4, 0.5) is 4.79 Å². The molecular weight excluding hydrogens is 278 g/mol. The third-order valence-electron chi connectivity index (χ3n) is 3.17. The van der Waals surface area contributed by atoms with E-state index in [0.29, 0.717) is 0 Å². The molecule has 0 radical (unpaired) electrons. The molecule has 0 aliphatic rings. The molecule has 0 aliphatic heterocycles. The molecule has 0 saturated carbocycles. The molecule has 0 spiro atoms. The van der Waals surface area contributed by atoms with Crippen molar-refractivity contribution < 1.29 is 18.5 Å². The van der Waals surface area contributed by atoms with Gasteiger partial charge >= 0.3 is 6.09 Å². The highest BCUT2D eigenvalue weighted by Gasteiger charge is 2.23. The van der Waals surface area contributed by atoms with Gasteiger partial charge in [0.25, 0.3) is 0 Å². The Kier molecular flexibility index (Phi) is 7.86. The van der Waals surface area contributed by atoms with Crippen LogP contribution in [0.25, 0.3) is 0 Å². The summed E-state index contributed by atoms with van der Waals surface area (Å²) in [5.74, 6) is 0. The summed E-state index contributed by atoms with van der Waals surface area (Å²) in [6.07, 6.45) is 1.80. The highest BCUT2D eigenvalue weighted by molar-refractivity contribution is 5.68. The molecule has 0 unspecified atom stereocenters. The van der Waals surface area contributed by atoms with Crippen molar-refractivity contribution in [3.63, 3.8) is 0 Å². The number of carbonyl (C=O) groups is 1. The third-order valence-corrected chi connectivity index (χ3v) is 3.17. The molecule has 132 valence electrons. The Morgan fingerprint density at radius 2 is 1.23 bits per heavy atom. The molecule has 22 heavy (non-hydrogen) atoms. The van der Waals surface area contributed by atoms with Crippen molar-refractivity contribution in [2.24, 2.45) is 0 Å². The zero-order chi connectivity index (χ0) is 17.6. The summed E-state index contributed by atoms with van der Waals surface area (Å²) in [5, 5.41) is 0. The average molecular weight is 318 g/mol. The first kappa shape index (κ1) is 21.2. The molecule has 1 amide bonds. The minimum absolute atomic E-state index is 0.185. The highest BCUT2D eigenvalue weighted by Crippen LogP contribution is 2.11. The van der Waals surface area contributed by atoms with Crippen molar-refractivity contribution >= 4 is 6.09 Å². The first-order chi connectivity index (χ1) is 9.70. The molecular formula is C17H39N3O2+2. The fourth-order valence-electron chi connectivity index (χ4n) is 2.09. The summed E-state index contributed by atoms with van der Waals surface area (Å²) in [6, 6.07) is 0. The van der Waals surface area contributed by atoms with E-state index in [4.69, 9.17) is 4.74 Å². The van der Waals surface area contributed by atoms with Crippen LogP contribution in [0.2, 0.25) is 0 Å². The van der Waals surface area contributed by atoms with Crippen LogP contribution >= 0.6 is 0 Å². The fraction of sp³-hybridized carbons (Fsp3) is 0.941. The quantitative estimate of drug-likeness (QED) is 0.644. The molecule has 5 nitrogen and oxygen atoms in total. The Labute approximate surface area is 138 Å². The van der Waals surface area contributed by atoms with Gasteiger partial charge in [-0.05, 0) is 20.8 Å². The van der Waals surface area contributed by atoms with Gasteiger partial charge in [-0.15, -0.1) is 0 Å². The molecule has 0 saturated heterocycles. The topological polar surface area (TPSA) is 29.5 Å². The Hall–Kier alpha value is -0.810. The predicted octanol–water partition coefficient (Wildman–Crippen LogP) is 2.42. The second-order valence-corrected chi connectivity index (χ2v) is 9.20. The van der Waals surface area contributed by atoms with Crippen LogP contribution in [0.1, 0.15) is 33.6 Å². The van der Waals surface area contributed by atoms with Crippen molar-refractivity contribution in [2.45, 2.75) is 39.2 Å². The first-order valence-corrected chi connectivity index (χ1v) is 8.28. The van der Waals surface area contributed by atoms with Crippen LogP contribution < -0.4 is 0 Å². The predicted molar refractivity (Wildman–Crippen MR) is 92.8 cm³/mol. The number of ether oxygens (including phenoxy) is 1. The lowest BCUT2D eigenvalue weighted by molar-refractivity contribution is -0.870. The number of hydrogen-bond donors (Lipinski definition) is 0. The van der Waals surface area contributed by atoms with Crippen LogP contribution in [-0.2, 0) is 4.74 Å². The maximum Gasteiger partial charge on any atom is 0.410 e. The van der Waals surface area contributed by atoms with Crippen LogP contribution in [0, 0.1) is 0 Å².